The van der Waals surface area contributed by atoms with Crippen molar-refractivity contribution in [2.75, 3.05) is 39.6 Å². The highest BCUT2D eigenvalue weighted by Crippen LogP contribution is 2.36. The SMILES string of the molecule is O=C(CCC/C=C\C[C@@H]1[C@@H](/C=C/[C@@H](O)CCc2ccccc2)[C@H](O)C[C@@H]1O)NCCOCCOCCO. The normalized spacial score (nSPS) is 22.7. The number of allylic oxidation sites excluding steroid dienone is 2. The fourth-order valence-electron chi connectivity index (χ4n) is 4.51. The largest absolute Gasteiger partial charge is 0.394 e. The van der Waals surface area contributed by atoms with Crippen LogP contribution in [0.15, 0.2) is 54.6 Å². The lowest BCUT2D eigenvalue weighted by Gasteiger charge is -2.19. The summed E-state index contributed by atoms with van der Waals surface area (Å²) in [4.78, 5) is 11.9. The van der Waals surface area contributed by atoms with Crippen molar-refractivity contribution in [3.63, 3.8) is 0 Å². The Hall–Kier alpha value is -2.07. The Morgan fingerprint density at radius 3 is 2.57 bits per heavy atom. The first kappa shape index (κ1) is 31.1. The minimum Gasteiger partial charge on any atom is -0.394 e. The monoisotopic (exact) mass is 519 g/mol. The summed E-state index contributed by atoms with van der Waals surface area (Å²) < 4.78 is 10.4. The second-order valence-corrected chi connectivity index (χ2v) is 9.49. The molecule has 8 nitrogen and oxygen atoms in total. The molecule has 0 aromatic heterocycles. The van der Waals surface area contributed by atoms with Gasteiger partial charge < -0.3 is 35.2 Å². The van der Waals surface area contributed by atoms with E-state index in [9.17, 15) is 20.1 Å². The molecule has 0 bridgehead atoms. The number of aliphatic hydroxyl groups is 4. The van der Waals surface area contributed by atoms with Crippen LogP contribution in [0, 0.1) is 11.8 Å². The quantitative estimate of drug-likeness (QED) is 0.140. The van der Waals surface area contributed by atoms with E-state index in [1.165, 1.54) is 5.56 Å². The molecule has 0 saturated heterocycles. The van der Waals surface area contributed by atoms with Gasteiger partial charge in [0, 0.05) is 25.3 Å². The molecule has 1 aliphatic rings. The van der Waals surface area contributed by atoms with Crippen LogP contribution in [0.5, 0.6) is 0 Å². The van der Waals surface area contributed by atoms with Crippen molar-refractivity contribution in [2.45, 2.75) is 63.3 Å². The average Bonchev–Trinajstić information content (AvgIpc) is 3.17. The molecule has 0 heterocycles. The van der Waals surface area contributed by atoms with E-state index in [0.717, 1.165) is 19.3 Å². The predicted octanol–water partition coefficient (Wildman–Crippen LogP) is 2.15. The zero-order valence-corrected chi connectivity index (χ0v) is 21.8. The number of hydrogen-bond donors (Lipinski definition) is 5. The maximum atomic E-state index is 11.9. The summed E-state index contributed by atoms with van der Waals surface area (Å²) in [6, 6.07) is 10.0. The Morgan fingerprint density at radius 2 is 1.81 bits per heavy atom. The fraction of sp³-hybridized carbons (Fsp3) is 0.621. The van der Waals surface area contributed by atoms with Crippen molar-refractivity contribution in [1.29, 1.82) is 0 Å². The van der Waals surface area contributed by atoms with E-state index in [1.54, 1.807) is 6.08 Å². The van der Waals surface area contributed by atoms with E-state index < -0.39 is 18.3 Å². The third kappa shape index (κ3) is 13.3. The van der Waals surface area contributed by atoms with Crippen LogP contribution < -0.4 is 5.32 Å². The van der Waals surface area contributed by atoms with Gasteiger partial charge in [0.25, 0.3) is 0 Å². The zero-order valence-electron chi connectivity index (χ0n) is 21.8. The Bertz CT molecular complexity index is 786. The highest BCUT2D eigenvalue weighted by atomic mass is 16.5. The highest BCUT2D eigenvalue weighted by Gasteiger charge is 2.39. The third-order valence-corrected chi connectivity index (χ3v) is 6.57. The summed E-state index contributed by atoms with van der Waals surface area (Å²) in [5.74, 6) is -0.305. The number of unbranched alkanes of at least 4 members (excludes halogenated alkanes) is 1. The molecule has 5 N–H and O–H groups in total. The molecule has 208 valence electrons. The number of carbonyl (C=O) groups is 1. The lowest BCUT2D eigenvalue weighted by molar-refractivity contribution is -0.121. The lowest BCUT2D eigenvalue weighted by atomic mass is 9.89. The first-order valence-electron chi connectivity index (χ1n) is 13.5. The minimum atomic E-state index is -0.619. The molecule has 0 radical (unpaired) electrons. The second kappa shape index (κ2) is 19.1. The number of amides is 1. The highest BCUT2D eigenvalue weighted by molar-refractivity contribution is 5.75. The first-order chi connectivity index (χ1) is 18.0. The van der Waals surface area contributed by atoms with E-state index in [-0.39, 0.29) is 24.3 Å². The van der Waals surface area contributed by atoms with Crippen molar-refractivity contribution in [3.05, 3.63) is 60.2 Å². The molecule has 2 rings (SSSR count). The topological polar surface area (TPSA) is 128 Å². The van der Waals surface area contributed by atoms with Crippen LogP contribution >= 0.6 is 0 Å². The molecule has 0 unspecified atom stereocenters. The summed E-state index contributed by atoms with van der Waals surface area (Å²) in [5, 5.41) is 42.6. The van der Waals surface area contributed by atoms with Crippen LogP contribution in [0.2, 0.25) is 0 Å². The first-order valence-corrected chi connectivity index (χ1v) is 13.5. The van der Waals surface area contributed by atoms with Crippen molar-refractivity contribution in [3.8, 4) is 0 Å². The van der Waals surface area contributed by atoms with Crippen LogP contribution in [-0.4, -0.2) is 84.2 Å². The van der Waals surface area contributed by atoms with Gasteiger partial charge in [0.05, 0.1) is 51.3 Å². The van der Waals surface area contributed by atoms with Gasteiger partial charge in [-0.1, -0.05) is 54.6 Å². The molecule has 1 aliphatic carbocycles. The number of carbonyl (C=O) groups excluding carboxylic acids is 1. The Balaban J connectivity index is 1.60. The molecule has 0 aliphatic heterocycles. The van der Waals surface area contributed by atoms with Gasteiger partial charge in [0.1, 0.15) is 0 Å². The van der Waals surface area contributed by atoms with Gasteiger partial charge in [0.15, 0.2) is 0 Å². The fourth-order valence-corrected chi connectivity index (χ4v) is 4.51. The molecule has 1 saturated carbocycles. The van der Waals surface area contributed by atoms with E-state index in [1.807, 2.05) is 48.6 Å². The van der Waals surface area contributed by atoms with Gasteiger partial charge in [-0.05, 0) is 43.6 Å². The maximum Gasteiger partial charge on any atom is 0.220 e. The summed E-state index contributed by atoms with van der Waals surface area (Å²) in [6.07, 6.45) is 10.2. The number of ether oxygens (including phenoxy) is 2. The van der Waals surface area contributed by atoms with E-state index in [4.69, 9.17) is 14.6 Å². The van der Waals surface area contributed by atoms with Crippen molar-refractivity contribution >= 4 is 5.91 Å². The molecule has 8 heteroatoms. The Kier molecular flexibility index (Phi) is 16.1. The van der Waals surface area contributed by atoms with Gasteiger partial charge in [-0.3, -0.25) is 4.79 Å². The second-order valence-electron chi connectivity index (χ2n) is 9.49. The minimum absolute atomic E-state index is 0.00428. The summed E-state index contributed by atoms with van der Waals surface area (Å²) in [6.45, 7) is 2.02. The van der Waals surface area contributed by atoms with Crippen molar-refractivity contribution < 1.29 is 34.7 Å². The number of aliphatic hydroxyl groups excluding tert-OH is 4. The molecule has 37 heavy (non-hydrogen) atoms. The summed E-state index contributed by atoms with van der Waals surface area (Å²) in [5.41, 5.74) is 1.18. The molecule has 1 fully saturated rings. The molecular formula is C29H45NO7. The van der Waals surface area contributed by atoms with Crippen LogP contribution in [0.1, 0.15) is 44.1 Å². The summed E-state index contributed by atoms with van der Waals surface area (Å²) >= 11 is 0. The number of nitrogens with one attached hydrogen (secondary N) is 1. The number of rotatable bonds is 19. The van der Waals surface area contributed by atoms with Gasteiger partial charge in [-0.2, -0.15) is 0 Å². The maximum absolute atomic E-state index is 11.9. The average molecular weight is 520 g/mol. The van der Waals surface area contributed by atoms with Gasteiger partial charge >= 0.3 is 0 Å². The Labute approximate surface area is 221 Å². The van der Waals surface area contributed by atoms with Gasteiger partial charge in [-0.15, -0.1) is 0 Å². The van der Waals surface area contributed by atoms with Crippen LogP contribution in [-0.2, 0) is 20.7 Å². The van der Waals surface area contributed by atoms with Gasteiger partial charge in [0.2, 0.25) is 5.91 Å². The van der Waals surface area contributed by atoms with Crippen LogP contribution in [0.25, 0.3) is 0 Å². The van der Waals surface area contributed by atoms with E-state index >= 15 is 0 Å². The lowest BCUT2D eigenvalue weighted by Crippen LogP contribution is -2.27. The number of benzene rings is 1. The van der Waals surface area contributed by atoms with E-state index in [0.29, 0.717) is 58.7 Å². The summed E-state index contributed by atoms with van der Waals surface area (Å²) in [7, 11) is 0. The number of hydrogen-bond acceptors (Lipinski definition) is 7. The van der Waals surface area contributed by atoms with Gasteiger partial charge in [-0.25, -0.2) is 0 Å². The molecule has 1 amide bonds. The third-order valence-electron chi connectivity index (χ3n) is 6.57. The molecule has 1 aromatic rings. The molecule has 0 spiro atoms. The van der Waals surface area contributed by atoms with Crippen LogP contribution in [0.4, 0.5) is 0 Å². The van der Waals surface area contributed by atoms with Crippen molar-refractivity contribution in [2.24, 2.45) is 11.8 Å². The zero-order chi connectivity index (χ0) is 26.7. The van der Waals surface area contributed by atoms with Crippen LogP contribution in [0.3, 0.4) is 0 Å². The standard InChI is InChI=1S/C29H45NO7/c31-17-19-37-21-20-36-18-16-30-29(35)11-7-2-1-6-10-25-26(28(34)22-27(25)33)15-14-24(32)13-12-23-8-4-3-5-9-23/h1,3-6,8-9,14-15,24-28,31-34H,2,7,10-13,16-22H2,(H,30,35)/b6-1-,15-14+/t24-,25+,26+,27-,28+/m0/s1. The molecular weight excluding hydrogens is 474 g/mol. The Morgan fingerprint density at radius 1 is 1.05 bits per heavy atom. The van der Waals surface area contributed by atoms with E-state index in [2.05, 4.69) is 5.32 Å². The predicted molar refractivity (Wildman–Crippen MR) is 143 cm³/mol. The van der Waals surface area contributed by atoms with Crippen molar-refractivity contribution in [1.82, 2.24) is 5.32 Å². The molecule has 1 aromatic carbocycles. The number of aryl methyl sites for hydroxylation is 1. The molecule has 5 atom stereocenters. The smallest absolute Gasteiger partial charge is 0.220 e.